The number of aliphatic hydroxyl groups excluding tert-OH is 7. The number of unbranched alkanes of at least 4 members (excludes halogenated alkanes) is 28. The van der Waals surface area contributed by atoms with Crippen molar-refractivity contribution in [3.8, 4) is 0 Å². The summed E-state index contributed by atoms with van der Waals surface area (Å²) < 4.78 is 33.7. The summed E-state index contributed by atoms with van der Waals surface area (Å²) in [5.74, 6) is -0.920. The Kier molecular flexibility index (Phi) is 40.5. The Balaban J connectivity index is 1.76. The van der Waals surface area contributed by atoms with E-state index in [9.17, 15) is 45.3 Å². The number of esters is 2. The molecule has 0 aromatic carbocycles. The predicted octanol–water partition coefficient (Wildman–Crippen LogP) is 9.50. The lowest BCUT2D eigenvalue weighted by molar-refractivity contribution is -0.332. The number of carbonyl (C=O) groups is 2. The van der Waals surface area contributed by atoms with Crippen LogP contribution in [0.5, 0.6) is 0 Å². The van der Waals surface area contributed by atoms with Crippen molar-refractivity contribution in [2.75, 3.05) is 26.4 Å². The molecule has 0 bridgehead atoms. The largest absolute Gasteiger partial charge is 0.462 e. The van der Waals surface area contributed by atoms with Crippen molar-refractivity contribution in [2.45, 2.75) is 300 Å². The fourth-order valence-electron chi connectivity index (χ4n) is 9.15. The summed E-state index contributed by atoms with van der Waals surface area (Å²) >= 11 is 0. The second kappa shape index (κ2) is 44.1. The third-order valence-corrected chi connectivity index (χ3v) is 13.9. The van der Waals surface area contributed by atoms with Gasteiger partial charge in [-0.2, -0.15) is 0 Å². The summed E-state index contributed by atoms with van der Waals surface area (Å²) in [6.07, 6.45) is 30.5. The topological polar surface area (TPSA) is 231 Å². The van der Waals surface area contributed by atoms with Crippen molar-refractivity contribution >= 4 is 11.9 Å². The third-order valence-electron chi connectivity index (χ3n) is 13.9. The monoisotopic (exact) mass is 1030 g/mol. The quantitative estimate of drug-likeness (QED) is 0.0171. The molecule has 0 amide bonds. The van der Waals surface area contributed by atoms with Crippen LogP contribution in [0.3, 0.4) is 0 Å². The molecule has 7 N–H and O–H groups in total. The Hall–Kier alpha value is -2.02. The minimum absolute atomic E-state index is 0.165. The lowest BCUT2D eigenvalue weighted by Crippen LogP contribution is -2.61. The number of hydrogen-bond donors (Lipinski definition) is 7. The van der Waals surface area contributed by atoms with Crippen molar-refractivity contribution in [3.05, 3.63) is 24.3 Å². The Morgan fingerprint density at radius 3 is 1.24 bits per heavy atom. The van der Waals surface area contributed by atoms with Crippen LogP contribution in [0.15, 0.2) is 24.3 Å². The molecule has 2 saturated heterocycles. The van der Waals surface area contributed by atoms with Gasteiger partial charge in [0.25, 0.3) is 0 Å². The smallest absolute Gasteiger partial charge is 0.306 e. The number of ether oxygens (including phenoxy) is 6. The van der Waals surface area contributed by atoms with Crippen LogP contribution in [0.4, 0.5) is 0 Å². The lowest BCUT2D eigenvalue weighted by Gasteiger charge is -2.42. The summed E-state index contributed by atoms with van der Waals surface area (Å²) in [5.41, 5.74) is 0. The summed E-state index contributed by atoms with van der Waals surface area (Å²) in [4.78, 5) is 25.9. The second-order valence-electron chi connectivity index (χ2n) is 20.5. The molecule has 422 valence electrons. The van der Waals surface area contributed by atoms with Gasteiger partial charge in [-0.15, -0.1) is 0 Å². The van der Waals surface area contributed by atoms with E-state index in [2.05, 4.69) is 38.2 Å². The maximum atomic E-state index is 13.1. The molecular weight excluding hydrogens is 925 g/mol. The van der Waals surface area contributed by atoms with Gasteiger partial charge in [0, 0.05) is 12.8 Å². The van der Waals surface area contributed by atoms with Crippen LogP contribution >= 0.6 is 0 Å². The molecule has 72 heavy (non-hydrogen) atoms. The van der Waals surface area contributed by atoms with Gasteiger partial charge in [-0.05, 0) is 64.2 Å². The number of aliphatic hydroxyl groups is 7. The van der Waals surface area contributed by atoms with E-state index in [1.54, 1.807) is 0 Å². The molecule has 0 aliphatic carbocycles. The van der Waals surface area contributed by atoms with Crippen molar-refractivity contribution in [2.24, 2.45) is 0 Å². The van der Waals surface area contributed by atoms with E-state index in [4.69, 9.17) is 28.4 Å². The zero-order valence-electron chi connectivity index (χ0n) is 44.9. The summed E-state index contributed by atoms with van der Waals surface area (Å²) in [6.45, 7) is 2.61. The van der Waals surface area contributed by atoms with Crippen molar-refractivity contribution in [1.29, 1.82) is 0 Å². The van der Waals surface area contributed by atoms with Gasteiger partial charge in [-0.25, -0.2) is 0 Å². The lowest BCUT2D eigenvalue weighted by atomic mass is 9.98. The Morgan fingerprint density at radius 2 is 0.792 bits per heavy atom. The molecule has 15 heteroatoms. The molecule has 2 fully saturated rings. The SMILES string of the molecule is CCCCCC/C=C/CCCCCCCCCCCC(=O)OC[C@H](CO[C@H]1O[C@@H](CO[C@H]2O[C@@H](CO)[C@@H](O)C(O)C2O)[C@@H](O)C(O)C1O)OC(=O)CCCCCCCCCCC/C=C/CCCCCCCC. The Labute approximate surface area is 434 Å². The number of hydrogen-bond acceptors (Lipinski definition) is 15. The van der Waals surface area contributed by atoms with Gasteiger partial charge in [0.2, 0.25) is 0 Å². The van der Waals surface area contributed by atoms with Gasteiger partial charge in [0.1, 0.15) is 55.4 Å². The van der Waals surface area contributed by atoms with Crippen LogP contribution in [-0.2, 0) is 38.0 Å². The first kappa shape index (κ1) is 66.1. The molecule has 4 unspecified atom stereocenters. The minimum Gasteiger partial charge on any atom is -0.462 e. The fraction of sp³-hybridized carbons (Fsp3) is 0.895. The van der Waals surface area contributed by atoms with Gasteiger partial charge in [0.05, 0.1) is 19.8 Å². The molecule has 2 rings (SSSR count). The van der Waals surface area contributed by atoms with Crippen LogP contribution in [0.25, 0.3) is 0 Å². The molecule has 0 aromatic heterocycles. The minimum atomic E-state index is -1.76. The van der Waals surface area contributed by atoms with E-state index in [0.717, 1.165) is 44.9 Å². The van der Waals surface area contributed by atoms with Crippen LogP contribution in [0, 0.1) is 0 Å². The fourth-order valence-corrected chi connectivity index (χ4v) is 9.15. The van der Waals surface area contributed by atoms with E-state index in [-0.39, 0.29) is 26.1 Å². The maximum Gasteiger partial charge on any atom is 0.306 e. The average Bonchev–Trinajstić information content (AvgIpc) is 3.37. The van der Waals surface area contributed by atoms with Crippen LogP contribution in [0.2, 0.25) is 0 Å². The first-order valence-electron chi connectivity index (χ1n) is 28.9. The highest BCUT2D eigenvalue weighted by atomic mass is 16.7. The van der Waals surface area contributed by atoms with E-state index in [1.165, 1.54) is 148 Å². The Bertz CT molecular complexity index is 1350. The molecule has 11 atom stereocenters. The Morgan fingerprint density at radius 1 is 0.431 bits per heavy atom. The van der Waals surface area contributed by atoms with E-state index in [0.29, 0.717) is 12.8 Å². The highest BCUT2D eigenvalue weighted by Gasteiger charge is 2.47. The third kappa shape index (κ3) is 31.1. The molecule has 15 nitrogen and oxygen atoms in total. The van der Waals surface area contributed by atoms with Crippen LogP contribution < -0.4 is 0 Å². The van der Waals surface area contributed by atoms with E-state index >= 15 is 0 Å². The van der Waals surface area contributed by atoms with Crippen molar-refractivity contribution in [1.82, 2.24) is 0 Å². The van der Waals surface area contributed by atoms with Gasteiger partial charge in [0.15, 0.2) is 18.7 Å². The van der Waals surface area contributed by atoms with E-state index in [1.807, 2.05) is 0 Å². The highest BCUT2D eigenvalue weighted by Crippen LogP contribution is 2.27. The van der Waals surface area contributed by atoms with E-state index < -0.39 is 92.7 Å². The number of carbonyl (C=O) groups excluding carboxylic acids is 2. The van der Waals surface area contributed by atoms with Crippen LogP contribution in [-0.4, -0.2) is 142 Å². The zero-order chi connectivity index (χ0) is 52.4. The molecule has 0 radical (unpaired) electrons. The predicted molar refractivity (Wildman–Crippen MR) is 280 cm³/mol. The second-order valence-corrected chi connectivity index (χ2v) is 20.5. The maximum absolute atomic E-state index is 13.1. The molecule has 2 heterocycles. The summed E-state index contributed by atoms with van der Waals surface area (Å²) in [6, 6.07) is 0. The summed E-state index contributed by atoms with van der Waals surface area (Å²) in [5, 5.41) is 72.3. The normalized spacial score (nSPS) is 25.1. The first-order chi connectivity index (χ1) is 35.0. The molecule has 0 saturated carbocycles. The molecule has 2 aliphatic heterocycles. The van der Waals surface area contributed by atoms with Gasteiger partial charge < -0.3 is 64.2 Å². The van der Waals surface area contributed by atoms with Crippen LogP contribution in [0.1, 0.15) is 232 Å². The van der Waals surface area contributed by atoms with Gasteiger partial charge >= 0.3 is 11.9 Å². The van der Waals surface area contributed by atoms with Crippen molar-refractivity contribution < 1.29 is 73.8 Å². The van der Waals surface area contributed by atoms with Crippen molar-refractivity contribution in [3.63, 3.8) is 0 Å². The molecular formula is C57H104O15. The highest BCUT2D eigenvalue weighted by molar-refractivity contribution is 5.70. The number of rotatable bonds is 46. The number of allylic oxidation sites excluding steroid dienone is 4. The van der Waals surface area contributed by atoms with Gasteiger partial charge in [-0.1, -0.05) is 179 Å². The average molecular weight is 1030 g/mol. The molecule has 2 aliphatic rings. The zero-order valence-corrected chi connectivity index (χ0v) is 44.9. The first-order valence-corrected chi connectivity index (χ1v) is 28.9. The summed E-state index contributed by atoms with van der Waals surface area (Å²) in [7, 11) is 0. The standard InChI is InChI=1S/C57H104O15/c1-3-5-7-9-11-13-15-17-19-21-22-24-26-28-30-32-34-36-38-40-49(60)70-45(42-67-48(59)39-37-35-33-31-29-27-25-23-20-18-16-14-12-10-8-6-4-2)43-68-56-55(66)53(64)51(62)47(72-56)44-69-57-54(65)52(63)50(61)46(41-58)71-57/h14,16-17,19,45-47,50-58,61-66H,3-13,15,18,20-44H2,1-2H3/b16-14+,19-17+/t45-,46+,47+,50-,51-,52?,53?,54?,55?,56+,57+/m1/s1. The van der Waals surface area contributed by atoms with Gasteiger partial charge in [-0.3, -0.25) is 9.59 Å². The molecule has 0 spiro atoms. The molecule has 0 aromatic rings.